The summed E-state index contributed by atoms with van der Waals surface area (Å²) in [7, 11) is 0. The second-order valence-corrected chi connectivity index (χ2v) is 5.70. The highest BCUT2D eigenvalue weighted by Gasteiger charge is 2.37. The standard InChI is InChI=1S/C14H16ClN3O2/c15-11-8-16-6-5-10(11)14(20)18-7-1-2-12(18)13(19)17-9-3-4-9/h5-6,8-9,12H,1-4,7H2,(H,17,19). The molecule has 106 valence electrons. The van der Waals surface area contributed by atoms with E-state index in [2.05, 4.69) is 10.3 Å². The maximum Gasteiger partial charge on any atom is 0.256 e. The van der Waals surface area contributed by atoms with Crippen molar-refractivity contribution >= 4 is 23.4 Å². The first-order chi connectivity index (χ1) is 9.66. The van der Waals surface area contributed by atoms with Crippen LogP contribution < -0.4 is 5.32 Å². The fourth-order valence-corrected chi connectivity index (χ4v) is 2.71. The van der Waals surface area contributed by atoms with Gasteiger partial charge in [-0.3, -0.25) is 14.6 Å². The van der Waals surface area contributed by atoms with Crippen molar-refractivity contribution in [3.63, 3.8) is 0 Å². The zero-order valence-corrected chi connectivity index (χ0v) is 11.8. The van der Waals surface area contributed by atoms with E-state index in [0.29, 0.717) is 29.6 Å². The second kappa shape index (κ2) is 5.40. The minimum absolute atomic E-state index is 0.0384. The Morgan fingerprint density at radius 3 is 2.85 bits per heavy atom. The van der Waals surface area contributed by atoms with E-state index >= 15 is 0 Å². The van der Waals surface area contributed by atoms with Gasteiger partial charge < -0.3 is 10.2 Å². The molecule has 2 fully saturated rings. The summed E-state index contributed by atoms with van der Waals surface area (Å²) in [6.07, 6.45) is 6.63. The molecule has 1 aliphatic carbocycles. The van der Waals surface area contributed by atoms with Crippen LogP contribution in [0.5, 0.6) is 0 Å². The van der Waals surface area contributed by atoms with E-state index in [-0.39, 0.29) is 17.9 Å². The van der Waals surface area contributed by atoms with Gasteiger partial charge in [-0.05, 0) is 31.7 Å². The number of halogens is 1. The smallest absolute Gasteiger partial charge is 0.256 e. The number of nitrogens with one attached hydrogen (secondary N) is 1. The number of pyridine rings is 1. The van der Waals surface area contributed by atoms with Crippen molar-refractivity contribution in [3.8, 4) is 0 Å². The molecule has 1 aliphatic heterocycles. The number of hydrogen-bond donors (Lipinski definition) is 1. The van der Waals surface area contributed by atoms with Gasteiger partial charge in [0.15, 0.2) is 0 Å². The SMILES string of the molecule is O=C(NC1CC1)C1CCCN1C(=O)c1ccncc1Cl. The Bertz CT molecular complexity index is 545. The molecule has 20 heavy (non-hydrogen) atoms. The molecule has 1 aromatic rings. The van der Waals surface area contributed by atoms with Crippen molar-refractivity contribution in [3.05, 3.63) is 29.0 Å². The molecule has 3 rings (SSSR count). The Labute approximate surface area is 122 Å². The van der Waals surface area contributed by atoms with E-state index in [4.69, 9.17) is 11.6 Å². The van der Waals surface area contributed by atoms with Gasteiger partial charge in [-0.1, -0.05) is 11.6 Å². The van der Waals surface area contributed by atoms with Crippen molar-refractivity contribution in [1.82, 2.24) is 15.2 Å². The van der Waals surface area contributed by atoms with E-state index in [1.165, 1.54) is 12.4 Å². The van der Waals surface area contributed by atoms with E-state index in [0.717, 1.165) is 19.3 Å². The number of hydrogen-bond acceptors (Lipinski definition) is 3. The summed E-state index contributed by atoms with van der Waals surface area (Å²) in [6.45, 7) is 0.597. The van der Waals surface area contributed by atoms with Gasteiger partial charge in [0.05, 0.1) is 10.6 Å². The highest BCUT2D eigenvalue weighted by molar-refractivity contribution is 6.33. The van der Waals surface area contributed by atoms with Gasteiger partial charge in [-0.15, -0.1) is 0 Å². The third kappa shape index (κ3) is 2.63. The van der Waals surface area contributed by atoms with Gasteiger partial charge in [-0.2, -0.15) is 0 Å². The van der Waals surface area contributed by atoms with Crippen LogP contribution in [0.2, 0.25) is 5.02 Å². The molecule has 2 heterocycles. The molecule has 1 aromatic heterocycles. The Morgan fingerprint density at radius 2 is 2.15 bits per heavy atom. The summed E-state index contributed by atoms with van der Waals surface area (Å²) >= 11 is 6.01. The molecular weight excluding hydrogens is 278 g/mol. The van der Waals surface area contributed by atoms with Crippen LogP contribution in [0.4, 0.5) is 0 Å². The van der Waals surface area contributed by atoms with Gasteiger partial charge in [-0.25, -0.2) is 0 Å². The Hall–Kier alpha value is -1.62. The first kappa shape index (κ1) is 13.4. The molecule has 2 aliphatic rings. The summed E-state index contributed by atoms with van der Waals surface area (Å²) in [4.78, 5) is 30.2. The molecule has 0 bridgehead atoms. The summed E-state index contributed by atoms with van der Waals surface area (Å²) in [6, 6.07) is 1.54. The molecule has 0 aromatic carbocycles. The fourth-order valence-electron chi connectivity index (χ4n) is 2.51. The van der Waals surface area contributed by atoms with Crippen LogP contribution >= 0.6 is 11.6 Å². The van der Waals surface area contributed by atoms with Gasteiger partial charge in [0.2, 0.25) is 5.91 Å². The first-order valence-electron chi connectivity index (χ1n) is 6.87. The second-order valence-electron chi connectivity index (χ2n) is 5.29. The number of rotatable bonds is 3. The number of amides is 2. The number of carbonyl (C=O) groups is 2. The molecule has 1 saturated heterocycles. The summed E-state index contributed by atoms with van der Waals surface area (Å²) < 4.78 is 0. The average Bonchev–Trinajstić information content (AvgIpc) is 3.11. The molecule has 5 nitrogen and oxygen atoms in total. The van der Waals surface area contributed by atoms with Crippen LogP contribution in [0.15, 0.2) is 18.5 Å². The molecule has 1 atom stereocenters. The van der Waals surface area contributed by atoms with Gasteiger partial charge in [0, 0.05) is 25.0 Å². The molecule has 0 spiro atoms. The molecule has 1 unspecified atom stereocenters. The minimum Gasteiger partial charge on any atom is -0.352 e. The molecule has 6 heteroatoms. The number of aromatic nitrogens is 1. The maximum atomic E-state index is 12.5. The minimum atomic E-state index is -0.368. The average molecular weight is 294 g/mol. The zero-order valence-electron chi connectivity index (χ0n) is 11.0. The molecule has 2 amide bonds. The van der Waals surface area contributed by atoms with Crippen LogP contribution in [0, 0.1) is 0 Å². The largest absolute Gasteiger partial charge is 0.352 e. The van der Waals surface area contributed by atoms with Gasteiger partial charge in [0.25, 0.3) is 5.91 Å². The third-order valence-electron chi connectivity index (χ3n) is 3.74. The lowest BCUT2D eigenvalue weighted by Gasteiger charge is -2.24. The maximum absolute atomic E-state index is 12.5. The Balaban J connectivity index is 1.76. The van der Waals surface area contributed by atoms with Crippen molar-refractivity contribution in [2.75, 3.05) is 6.54 Å². The van der Waals surface area contributed by atoms with Crippen LogP contribution in [-0.4, -0.2) is 40.3 Å². The molecule has 0 radical (unpaired) electrons. The Morgan fingerprint density at radius 1 is 1.35 bits per heavy atom. The predicted molar refractivity (Wildman–Crippen MR) is 74.5 cm³/mol. The van der Waals surface area contributed by atoms with E-state index < -0.39 is 0 Å². The van der Waals surface area contributed by atoms with Crippen molar-refractivity contribution in [2.24, 2.45) is 0 Å². The summed E-state index contributed by atoms with van der Waals surface area (Å²) in [5.74, 6) is -0.227. The van der Waals surface area contributed by atoms with E-state index in [1.807, 2.05) is 0 Å². The van der Waals surface area contributed by atoms with Crippen molar-refractivity contribution in [1.29, 1.82) is 0 Å². The number of likely N-dealkylation sites (tertiary alicyclic amines) is 1. The molecular formula is C14H16ClN3O2. The van der Waals surface area contributed by atoms with Crippen LogP contribution in [0.1, 0.15) is 36.0 Å². The van der Waals surface area contributed by atoms with Gasteiger partial charge in [0.1, 0.15) is 6.04 Å². The van der Waals surface area contributed by atoms with E-state index in [1.54, 1.807) is 11.0 Å². The predicted octanol–water partition coefficient (Wildman–Crippen LogP) is 1.62. The van der Waals surface area contributed by atoms with Gasteiger partial charge >= 0.3 is 0 Å². The number of carbonyl (C=O) groups excluding carboxylic acids is 2. The fraction of sp³-hybridized carbons (Fsp3) is 0.500. The monoisotopic (exact) mass is 293 g/mol. The zero-order chi connectivity index (χ0) is 14.1. The third-order valence-corrected chi connectivity index (χ3v) is 4.04. The lowest BCUT2D eigenvalue weighted by molar-refractivity contribution is -0.125. The Kier molecular flexibility index (Phi) is 3.61. The lowest BCUT2D eigenvalue weighted by atomic mass is 10.1. The van der Waals surface area contributed by atoms with Crippen LogP contribution in [0.25, 0.3) is 0 Å². The van der Waals surface area contributed by atoms with Crippen LogP contribution in [0.3, 0.4) is 0 Å². The molecule has 1 saturated carbocycles. The highest BCUT2D eigenvalue weighted by Crippen LogP contribution is 2.25. The van der Waals surface area contributed by atoms with Crippen molar-refractivity contribution < 1.29 is 9.59 Å². The number of nitrogens with zero attached hydrogens (tertiary/aromatic N) is 2. The summed E-state index contributed by atoms with van der Waals surface area (Å²) in [5.41, 5.74) is 0.410. The normalized spacial score (nSPS) is 21.9. The summed E-state index contributed by atoms with van der Waals surface area (Å²) in [5, 5.41) is 3.29. The quantitative estimate of drug-likeness (QED) is 0.921. The van der Waals surface area contributed by atoms with E-state index in [9.17, 15) is 9.59 Å². The lowest BCUT2D eigenvalue weighted by Crippen LogP contribution is -2.46. The molecule has 1 N–H and O–H groups in total. The first-order valence-corrected chi connectivity index (χ1v) is 7.25. The topological polar surface area (TPSA) is 62.3 Å². The highest BCUT2D eigenvalue weighted by atomic mass is 35.5. The van der Waals surface area contributed by atoms with Crippen LogP contribution in [-0.2, 0) is 4.79 Å². The van der Waals surface area contributed by atoms with Crippen molar-refractivity contribution in [2.45, 2.75) is 37.8 Å².